The van der Waals surface area contributed by atoms with Gasteiger partial charge in [0, 0.05) is 42.8 Å². The molecule has 3 aromatic rings. The van der Waals surface area contributed by atoms with Crippen molar-refractivity contribution in [2.45, 2.75) is 49.8 Å². The molecule has 236 valence electrons. The van der Waals surface area contributed by atoms with Crippen molar-refractivity contribution in [3.8, 4) is 22.2 Å². The van der Waals surface area contributed by atoms with Crippen LogP contribution in [-0.4, -0.2) is 87.7 Å². The molecular formula is C32H34ClN5O6S. The van der Waals surface area contributed by atoms with E-state index in [-0.39, 0.29) is 24.8 Å². The van der Waals surface area contributed by atoms with Crippen LogP contribution in [0.3, 0.4) is 0 Å². The molecule has 3 amide bonds. The number of aromatic nitrogens is 2. The Kier molecular flexibility index (Phi) is 8.45. The number of likely N-dealkylation sites (N-methyl/N-ethyl adjacent to an activating group) is 1. The van der Waals surface area contributed by atoms with E-state index in [0.29, 0.717) is 56.8 Å². The van der Waals surface area contributed by atoms with Crippen LogP contribution in [0.4, 0.5) is 4.79 Å². The SMILES string of the molecule is C=Cc1csc(-c2cc(O[C@H]3C[C@H]4C(=O)N(C)CCCC/C=C\[C@@H]5C[C@@]5(C(=O)O)NC(=O)N4C3)c3ccc(OC)c(Cl)c3n2)n1. The largest absolute Gasteiger partial charge is 0.495 e. The van der Waals surface area contributed by atoms with E-state index >= 15 is 0 Å². The minimum Gasteiger partial charge on any atom is -0.495 e. The molecule has 1 saturated heterocycles. The number of nitrogens with zero attached hydrogens (tertiary/aromatic N) is 4. The number of nitrogens with one attached hydrogen (secondary N) is 1. The third-order valence-corrected chi connectivity index (χ3v) is 9.95. The third-order valence-electron chi connectivity index (χ3n) is 8.70. The number of methoxy groups -OCH3 is 1. The quantitative estimate of drug-likeness (QED) is 0.346. The number of hydrogen-bond acceptors (Lipinski definition) is 8. The lowest BCUT2D eigenvalue weighted by atomic mass is 10.1. The van der Waals surface area contributed by atoms with Crippen LogP contribution in [0.25, 0.3) is 27.7 Å². The van der Waals surface area contributed by atoms with Crippen LogP contribution in [-0.2, 0) is 9.59 Å². The summed E-state index contributed by atoms with van der Waals surface area (Å²) in [4.78, 5) is 52.1. The maximum Gasteiger partial charge on any atom is 0.330 e. The second-order valence-corrected chi connectivity index (χ2v) is 12.8. The Bertz CT molecular complexity index is 1710. The molecule has 3 aliphatic rings. The van der Waals surface area contributed by atoms with E-state index in [4.69, 9.17) is 26.1 Å². The molecule has 0 radical (unpaired) electrons. The fourth-order valence-electron chi connectivity index (χ4n) is 6.05. The minimum absolute atomic E-state index is 0.0766. The van der Waals surface area contributed by atoms with Crippen LogP contribution < -0.4 is 14.8 Å². The molecule has 11 nitrogen and oxygen atoms in total. The predicted octanol–water partition coefficient (Wildman–Crippen LogP) is 5.24. The molecule has 0 unspecified atom stereocenters. The summed E-state index contributed by atoms with van der Waals surface area (Å²) in [5, 5.41) is 16.2. The highest BCUT2D eigenvalue weighted by atomic mass is 35.5. The molecular weight excluding hydrogens is 618 g/mol. The Morgan fingerprint density at radius 3 is 2.82 bits per heavy atom. The van der Waals surface area contributed by atoms with Gasteiger partial charge in [0.05, 0.1) is 24.9 Å². The van der Waals surface area contributed by atoms with E-state index in [2.05, 4.69) is 16.9 Å². The summed E-state index contributed by atoms with van der Waals surface area (Å²) in [7, 11) is 3.25. The van der Waals surface area contributed by atoms with Crippen molar-refractivity contribution in [3.63, 3.8) is 0 Å². The van der Waals surface area contributed by atoms with E-state index < -0.39 is 29.7 Å². The number of benzene rings is 1. The number of carboxylic acid groups (broad SMARTS) is 1. The van der Waals surface area contributed by atoms with Crippen molar-refractivity contribution in [1.29, 1.82) is 0 Å². The summed E-state index contributed by atoms with van der Waals surface area (Å²) in [6.45, 7) is 4.41. The molecule has 2 fully saturated rings. The van der Waals surface area contributed by atoms with Gasteiger partial charge in [-0.05, 0) is 43.9 Å². The number of hydrogen-bond donors (Lipinski definition) is 2. The van der Waals surface area contributed by atoms with Crippen molar-refractivity contribution in [2.24, 2.45) is 5.92 Å². The van der Waals surface area contributed by atoms with Crippen molar-refractivity contribution in [1.82, 2.24) is 25.1 Å². The zero-order valence-electron chi connectivity index (χ0n) is 25.0. The summed E-state index contributed by atoms with van der Waals surface area (Å²) in [5.41, 5.74) is 0.315. The summed E-state index contributed by atoms with van der Waals surface area (Å²) in [6.07, 6.45) is 7.89. The molecule has 2 aliphatic heterocycles. The maximum absolute atomic E-state index is 13.7. The Balaban J connectivity index is 1.35. The van der Waals surface area contributed by atoms with Crippen LogP contribution in [0.15, 0.2) is 42.3 Å². The number of thiazole rings is 1. The fourth-order valence-corrected chi connectivity index (χ4v) is 7.10. The molecule has 2 aromatic heterocycles. The molecule has 0 bridgehead atoms. The molecule has 4 heterocycles. The molecule has 0 spiro atoms. The standard InChI is InChI=1S/C32H34ClN5O6S/c1-4-19-17-45-28(34-19)22-14-25(21-10-11-24(43-3)26(33)27(21)35-22)44-20-13-23-29(39)37(2)12-8-6-5-7-9-18-15-32(18,30(40)41)36-31(42)38(23)16-20/h4,7,9-11,14,17-18,20,23H,1,5-6,8,12-13,15-16H2,2-3H3,(H,36,42)(H,40,41)/b9-7-/t18-,20+,23+,32-/m1/s1. The van der Waals surface area contributed by atoms with Gasteiger partial charge >= 0.3 is 12.0 Å². The smallest absolute Gasteiger partial charge is 0.330 e. The van der Waals surface area contributed by atoms with Crippen LogP contribution in [0, 0.1) is 5.92 Å². The number of pyridine rings is 1. The minimum atomic E-state index is -1.39. The summed E-state index contributed by atoms with van der Waals surface area (Å²) in [6, 6.07) is 3.88. The number of fused-ring (bicyclic) bond motifs is 3. The van der Waals surface area contributed by atoms with Gasteiger partial charge in [0.1, 0.15) is 44.9 Å². The van der Waals surface area contributed by atoms with E-state index in [1.807, 2.05) is 17.5 Å². The van der Waals surface area contributed by atoms with E-state index in [9.17, 15) is 19.5 Å². The van der Waals surface area contributed by atoms with E-state index in [1.54, 1.807) is 36.2 Å². The highest BCUT2D eigenvalue weighted by Crippen LogP contribution is 2.46. The highest BCUT2D eigenvalue weighted by molar-refractivity contribution is 7.13. The lowest BCUT2D eigenvalue weighted by Gasteiger charge is -2.29. The monoisotopic (exact) mass is 651 g/mol. The normalized spacial score (nSPS) is 26.0. The molecule has 13 heteroatoms. The zero-order chi connectivity index (χ0) is 31.9. The first-order valence-electron chi connectivity index (χ1n) is 14.8. The number of halogens is 1. The third kappa shape index (κ3) is 5.84. The van der Waals surface area contributed by atoms with Gasteiger partial charge in [-0.3, -0.25) is 4.79 Å². The first-order valence-corrected chi connectivity index (χ1v) is 16.1. The molecule has 6 rings (SSSR count). The molecule has 1 aliphatic carbocycles. The lowest BCUT2D eigenvalue weighted by molar-refractivity contribution is -0.140. The van der Waals surface area contributed by atoms with Gasteiger partial charge in [-0.25, -0.2) is 19.6 Å². The number of allylic oxidation sites excluding steroid dienone is 1. The number of carbonyl (C=O) groups excluding carboxylic acids is 2. The topological polar surface area (TPSA) is 134 Å². The van der Waals surface area contributed by atoms with Crippen molar-refractivity contribution in [2.75, 3.05) is 27.2 Å². The Morgan fingerprint density at radius 1 is 1.27 bits per heavy atom. The van der Waals surface area contributed by atoms with Crippen LogP contribution in [0.5, 0.6) is 11.5 Å². The number of rotatable bonds is 6. The van der Waals surface area contributed by atoms with E-state index in [0.717, 1.165) is 19.3 Å². The van der Waals surface area contributed by atoms with Crippen molar-refractivity contribution < 1.29 is 29.0 Å². The molecule has 45 heavy (non-hydrogen) atoms. The number of urea groups is 1. The molecule has 1 saturated carbocycles. The number of aliphatic carboxylic acids is 1. The van der Waals surface area contributed by atoms with Gasteiger partial charge in [0.15, 0.2) is 0 Å². The Hall–Kier alpha value is -4.16. The van der Waals surface area contributed by atoms with Crippen molar-refractivity contribution >= 4 is 57.8 Å². The fraction of sp³-hybridized carbons (Fsp3) is 0.406. The number of amides is 3. The van der Waals surface area contributed by atoms with Crippen LogP contribution in [0.1, 0.15) is 37.8 Å². The van der Waals surface area contributed by atoms with Gasteiger partial charge in [0.2, 0.25) is 5.91 Å². The van der Waals surface area contributed by atoms with Crippen LogP contribution >= 0.6 is 22.9 Å². The Morgan fingerprint density at radius 2 is 2.09 bits per heavy atom. The number of carboxylic acids is 1. The first-order chi connectivity index (χ1) is 21.6. The van der Waals surface area contributed by atoms with Gasteiger partial charge in [-0.1, -0.05) is 30.3 Å². The average Bonchev–Trinajstić information content (AvgIpc) is 3.33. The van der Waals surface area contributed by atoms with Crippen LogP contribution in [0.2, 0.25) is 5.02 Å². The van der Waals surface area contributed by atoms with Crippen molar-refractivity contribution in [3.05, 3.63) is 53.0 Å². The first kappa shape index (κ1) is 30.8. The Labute approximate surface area is 269 Å². The number of carbonyl (C=O) groups is 3. The van der Waals surface area contributed by atoms with Gasteiger partial charge in [-0.15, -0.1) is 11.3 Å². The molecule has 4 atom stereocenters. The van der Waals surface area contributed by atoms with Gasteiger partial charge in [-0.2, -0.15) is 0 Å². The molecule has 1 aromatic carbocycles. The van der Waals surface area contributed by atoms with Gasteiger partial charge < -0.3 is 29.7 Å². The second kappa shape index (κ2) is 12.3. The van der Waals surface area contributed by atoms with Gasteiger partial charge in [0.25, 0.3) is 0 Å². The molecule has 2 N–H and O–H groups in total. The maximum atomic E-state index is 13.7. The zero-order valence-corrected chi connectivity index (χ0v) is 26.6. The second-order valence-electron chi connectivity index (χ2n) is 11.6. The van der Waals surface area contributed by atoms with E-state index in [1.165, 1.54) is 23.3 Å². The summed E-state index contributed by atoms with van der Waals surface area (Å²) < 4.78 is 12.0. The number of ether oxygens (including phenoxy) is 2. The lowest BCUT2D eigenvalue weighted by Crippen LogP contribution is -2.55. The summed E-state index contributed by atoms with van der Waals surface area (Å²) in [5.74, 6) is -0.693. The highest BCUT2D eigenvalue weighted by Gasteiger charge is 2.61. The summed E-state index contributed by atoms with van der Waals surface area (Å²) >= 11 is 8.11. The average molecular weight is 652 g/mol. The predicted molar refractivity (Wildman–Crippen MR) is 172 cm³/mol.